The number of carbonyl (C=O) groups excluding carboxylic acids is 1. The zero-order chi connectivity index (χ0) is 11.4. The highest BCUT2D eigenvalue weighted by atomic mass is 16.5. The number of nitrogens with zero attached hydrogens (tertiary/aromatic N) is 1. The SMILES string of the molecule is COCCN(C(C)C(C)=O)C(C)C1CC1. The highest BCUT2D eigenvalue weighted by Crippen LogP contribution is 2.35. The molecule has 0 spiro atoms. The first-order valence-electron chi connectivity index (χ1n) is 5.83. The number of methoxy groups -OCH3 is 1. The molecule has 1 aliphatic rings. The van der Waals surface area contributed by atoms with Crippen LogP contribution >= 0.6 is 0 Å². The van der Waals surface area contributed by atoms with E-state index < -0.39 is 0 Å². The fourth-order valence-electron chi connectivity index (χ4n) is 2.03. The third kappa shape index (κ3) is 3.58. The standard InChI is InChI=1S/C12H23NO2/c1-9(11(3)14)13(7-8-15-4)10(2)12-5-6-12/h9-10,12H,5-8H2,1-4H3. The lowest BCUT2D eigenvalue weighted by atomic mass is 10.1. The minimum absolute atomic E-state index is 0.0238. The Labute approximate surface area is 92.8 Å². The van der Waals surface area contributed by atoms with Crippen molar-refractivity contribution in [3.8, 4) is 0 Å². The summed E-state index contributed by atoms with van der Waals surface area (Å²) in [6.45, 7) is 7.46. The van der Waals surface area contributed by atoms with Gasteiger partial charge in [0, 0.05) is 19.7 Å². The fourth-order valence-corrected chi connectivity index (χ4v) is 2.03. The summed E-state index contributed by atoms with van der Waals surface area (Å²) in [4.78, 5) is 13.7. The minimum atomic E-state index is 0.0238. The van der Waals surface area contributed by atoms with E-state index in [-0.39, 0.29) is 11.8 Å². The summed E-state index contributed by atoms with van der Waals surface area (Å²) >= 11 is 0. The Balaban J connectivity index is 2.54. The Morgan fingerprint density at radius 1 is 1.47 bits per heavy atom. The zero-order valence-electron chi connectivity index (χ0n) is 10.3. The third-order valence-electron chi connectivity index (χ3n) is 3.47. The fraction of sp³-hybridized carbons (Fsp3) is 0.917. The number of Topliss-reactive ketones (excluding diaryl/α,β-unsaturated/α-hetero) is 1. The molecule has 0 bridgehead atoms. The predicted octanol–water partition coefficient (Wildman–Crippen LogP) is 1.71. The van der Waals surface area contributed by atoms with Gasteiger partial charge in [0.15, 0.2) is 0 Å². The quantitative estimate of drug-likeness (QED) is 0.645. The van der Waals surface area contributed by atoms with Crippen molar-refractivity contribution in [2.45, 2.75) is 45.7 Å². The number of hydrogen-bond donors (Lipinski definition) is 0. The molecule has 0 N–H and O–H groups in total. The smallest absolute Gasteiger partial charge is 0.146 e. The Bertz CT molecular complexity index is 214. The maximum atomic E-state index is 11.4. The third-order valence-corrected chi connectivity index (χ3v) is 3.47. The Hall–Kier alpha value is -0.410. The van der Waals surface area contributed by atoms with Crippen molar-refractivity contribution < 1.29 is 9.53 Å². The topological polar surface area (TPSA) is 29.5 Å². The van der Waals surface area contributed by atoms with Crippen LogP contribution in [0.5, 0.6) is 0 Å². The van der Waals surface area contributed by atoms with E-state index in [1.807, 2.05) is 6.92 Å². The van der Waals surface area contributed by atoms with Crippen LogP contribution in [0.15, 0.2) is 0 Å². The molecule has 0 aromatic rings. The molecule has 1 fully saturated rings. The second kappa shape index (κ2) is 5.61. The second-order valence-corrected chi connectivity index (χ2v) is 4.60. The van der Waals surface area contributed by atoms with E-state index in [0.29, 0.717) is 12.6 Å². The van der Waals surface area contributed by atoms with Gasteiger partial charge in [0.2, 0.25) is 0 Å². The van der Waals surface area contributed by atoms with Crippen molar-refractivity contribution in [3.05, 3.63) is 0 Å². The van der Waals surface area contributed by atoms with Crippen LogP contribution in [0.25, 0.3) is 0 Å². The number of ether oxygens (including phenoxy) is 1. The molecule has 0 amide bonds. The first-order chi connectivity index (χ1) is 7.07. The van der Waals surface area contributed by atoms with Crippen molar-refractivity contribution in [1.29, 1.82) is 0 Å². The molecule has 1 saturated carbocycles. The monoisotopic (exact) mass is 213 g/mol. The number of hydrogen-bond acceptors (Lipinski definition) is 3. The van der Waals surface area contributed by atoms with Crippen molar-refractivity contribution in [2.75, 3.05) is 20.3 Å². The van der Waals surface area contributed by atoms with Gasteiger partial charge >= 0.3 is 0 Å². The molecule has 0 radical (unpaired) electrons. The highest BCUT2D eigenvalue weighted by molar-refractivity contribution is 5.81. The van der Waals surface area contributed by atoms with E-state index >= 15 is 0 Å². The highest BCUT2D eigenvalue weighted by Gasteiger charge is 2.34. The van der Waals surface area contributed by atoms with Gasteiger partial charge in [-0.05, 0) is 39.5 Å². The maximum Gasteiger partial charge on any atom is 0.146 e. The molecule has 3 heteroatoms. The predicted molar refractivity (Wildman–Crippen MR) is 60.9 cm³/mol. The summed E-state index contributed by atoms with van der Waals surface area (Å²) in [5.74, 6) is 1.04. The van der Waals surface area contributed by atoms with Gasteiger partial charge in [-0.1, -0.05) is 0 Å². The van der Waals surface area contributed by atoms with Crippen molar-refractivity contribution in [3.63, 3.8) is 0 Å². The van der Waals surface area contributed by atoms with Crippen molar-refractivity contribution in [2.24, 2.45) is 5.92 Å². The molecule has 2 unspecified atom stereocenters. The molecule has 1 aliphatic carbocycles. The molecular formula is C12H23NO2. The molecular weight excluding hydrogens is 190 g/mol. The first-order valence-corrected chi connectivity index (χ1v) is 5.83. The number of carbonyl (C=O) groups is 1. The molecule has 88 valence electrons. The lowest BCUT2D eigenvalue weighted by Gasteiger charge is -2.33. The lowest BCUT2D eigenvalue weighted by Crippen LogP contribution is -2.46. The summed E-state index contributed by atoms with van der Waals surface area (Å²) in [7, 11) is 1.71. The van der Waals surface area contributed by atoms with E-state index in [0.717, 1.165) is 12.5 Å². The molecule has 0 aromatic heterocycles. The van der Waals surface area contributed by atoms with Gasteiger partial charge in [0.05, 0.1) is 12.6 Å². The first kappa shape index (κ1) is 12.7. The molecule has 0 aromatic carbocycles. The second-order valence-electron chi connectivity index (χ2n) is 4.60. The van der Waals surface area contributed by atoms with Crippen molar-refractivity contribution in [1.82, 2.24) is 4.90 Å². The van der Waals surface area contributed by atoms with Crippen LogP contribution in [-0.2, 0) is 9.53 Å². The molecule has 15 heavy (non-hydrogen) atoms. The molecule has 2 atom stereocenters. The van der Waals surface area contributed by atoms with Crippen LogP contribution in [0.4, 0.5) is 0 Å². The largest absolute Gasteiger partial charge is 0.383 e. The van der Waals surface area contributed by atoms with Gasteiger partial charge in [0.25, 0.3) is 0 Å². The number of rotatable bonds is 7. The molecule has 0 aliphatic heterocycles. The van der Waals surface area contributed by atoms with E-state index in [2.05, 4.69) is 11.8 Å². The number of ketones is 1. The Kier molecular flexibility index (Phi) is 4.74. The average molecular weight is 213 g/mol. The van der Waals surface area contributed by atoms with Crippen molar-refractivity contribution >= 4 is 5.78 Å². The van der Waals surface area contributed by atoms with Gasteiger partial charge < -0.3 is 4.74 Å². The molecule has 1 rings (SSSR count). The van der Waals surface area contributed by atoms with Crippen LogP contribution in [0.3, 0.4) is 0 Å². The summed E-state index contributed by atoms with van der Waals surface area (Å²) in [6, 6.07) is 0.537. The van der Waals surface area contributed by atoms with Gasteiger partial charge in [-0.15, -0.1) is 0 Å². The van der Waals surface area contributed by atoms with Gasteiger partial charge in [0.1, 0.15) is 5.78 Å². The Morgan fingerprint density at radius 3 is 2.47 bits per heavy atom. The van der Waals surface area contributed by atoms with Crippen LogP contribution < -0.4 is 0 Å². The van der Waals surface area contributed by atoms with Gasteiger partial charge in [-0.3, -0.25) is 9.69 Å². The molecule has 0 heterocycles. The maximum absolute atomic E-state index is 11.4. The normalized spacial score (nSPS) is 20.3. The van der Waals surface area contributed by atoms with Crippen LogP contribution in [0.2, 0.25) is 0 Å². The van der Waals surface area contributed by atoms with E-state index in [1.165, 1.54) is 12.8 Å². The lowest BCUT2D eigenvalue weighted by molar-refractivity contribution is -0.122. The van der Waals surface area contributed by atoms with E-state index in [1.54, 1.807) is 14.0 Å². The van der Waals surface area contributed by atoms with E-state index in [9.17, 15) is 4.79 Å². The summed E-state index contributed by atoms with van der Waals surface area (Å²) in [5.41, 5.74) is 0. The minimum Gasteiger partial charge on any atom is -0.383 e. The average Bonchev–Trinajstić information content (AvgIpc) is 3.00. The molecule has 3 nitrogen and oxygen atoms in total. The Morgan fingerprint density at radius 2 is 2.07 bits per heavy atom. The zero-order valence-corrected chi connectivity index (χ0v) is 10.3. The van der Waals surface area contributed by atoms with Crippen LogP contribution in [0.1, 0.15) is 33.6 Å². The van der Waals surface area contributed by atoms with Crippen LogP contribution in [0, 0.1) is 5.92 Å². The molecule has 0 saturated heterocycles. The summed E-state index contributed by atoms with van der Waals surface area (Å²) in [6.07, 6.45) is 2.63. The van der Waals surface area contributed by atoms with E-state index in [4.69, 9.17) is 4.74 Å². The van der Waals surface area contributed by atoms with Gasteiger partial charge in [-0.2, -0.15) is 0 Å². The van der Waals surface area contributed by atoms with Gasteiger partial charge in [-0.25, -0.2) is 0 Å². The van der Waals surface area contributed by atoms with Crippen LogP contribution in [-0.4, -0.2) is 43.0 Å². The summed E-state index contributed by atoms with van der Waals surface area (Å²) in [5, 5.41) is 0. The summed E-state index contributed by atoms with van der Waals surface area (Å²) < 4.78 is 5.10.